The topological polar surface area (TPSA) is 87.9 Å². The van der Waals surface area contributed by atoms with E-state index in [0.717, 1.165) is 5.69 Å². The van der Waals surface area contributed by atoms with Crippen LogP contribution in [0.2, 0.25) is 0 Å². The molecule has 0 fully saturated rings. The largest absolute Gasteiger partial charge is 0.383 e. The number of H-pyrrole nitrogens is 1. The number of nitrogens with two attached hydrogens (primary N) is 1. The van der Waals surface area contributed by atoms with Crippen LogP contribution in [0.25, 0.3) is 0 Å². The predicted octanol–water partition coefficient (Wildman–Crippen LogP) is 1.05. The molecule has 0 bridgehead atoms. The lowest BCUT2D eigenvalue weighted by molar-refractivity contribution is 0.0752. The van der Waals surface area contributed by atoms with E-state index >= 15 is 0 Å². The van der Waals surface area contributed by atoms with Crippen molar-refractivity contribution in [1.82, 2.24) is 20.1 Å². The molecule has 0 radical (unpaired) electrons. The summed E-state index contributed by atoms with van der Waals surface area (Å²) in [5.74, 6) is 0.147. The number of aromatic amines is 1. The van der Waals surface area contributed by atoms with E-state index in [1.165, 1.54) is 6.20 Å². The van der Waals surface area contributed by atoms with Crippen LogP contribution in [0.3, 0.4) is 0 Å². The third-order valence-corrected chi connectivity index (χ3v) is 2.65. The molecule has 2 aromatic rings. The molecule has 2 rings (SSSR count). The Bertz CT molecular complexity index is 522. The Labute approximate surface area is 105 Å². The molecule has 6 heteroatoms. The smallest absolute Gasteiger partial charge is 0.259 e. The maximum atomic E-state index is 12.2. The second-order valence-corrected chi connectivity index (χ2v) is 3.84. The fourth-order valence-corrected chi connectivity index (χ4v) is 1.65. The second-order valence-electron chi connectivity index (χ2n) is 3.84. The average molecular weight is 245 g/mol. The molecule has 0 atom stereocenters. The van der Waals surface area contributed by atoms with Gasteiger partial charge >= 0.3 is 0 Å². The maximum Gasteiger partial charge on any atom is 0.259 e. The molecule has 3 N–H and O–H groups in total. The minimum absolute atomic E-state index is 0.144. The highest BCUT2D eigenvalue weighted by Gasteiger charge is 2.18. The summed E-state index contributed by atoms with van der Waals surface area (Å²) >= 11 is 0. The van der Waals surface area contributed by atoms with E-state index in [2.05, 4.69) is 15.2 Å². The van der Waals surface area contributed by atoms with Crippen molar-refractivity contribution >= 4 is 11.7 Å². The summed E-state index contributed by atoms with van der Waals surface area (Å²) in [6.45, 7) is 2.96. The Morgan fingerprint density at radius 2 is 2.33 bits per heavy atom. The van der Waals surface area contributed by atoms with Crippen molar-refractivity contribution in [3.8, 4) is 0 Å². The van der Waals surface area contributed by atoms with Crippen LogP contribution in [0.5, 0.6) is 0 Å². The molecule has 0 saturated heterocycles. The number of carbonyl (C=O) groups is 1. The van der Waals surface area contributed by atoms with Gasteiger partial charge in [-0.25, -0.2) is 0 Å². The first-order valence-corrected chi connectivity index (χ1v) is 5.70. The van der Waals surface area contributed by atoms with Crippen molar-refractivity contribution in [2.75, 3.05) is 12.3 Å². The van der Waals surface area contributed by atoms with Gasteiger partial charge in [0.05, 0.1) is 18.4 Å². The van der Waals surface area contributed by atoms with Gasteiger partial charge in [0.1, 0.15) is 11.4 Å². The minimum atomic E-state index is -0.144. The third kappa shape index (κ3) is 2.48. The van der Waals surface area contributed by atoms with Crippen LogP contribution in [-0.4, -0.2) is 32.5 Å². The lowest BCUT2D eigenvalue weighted by atomic mass is 10.2. The molecule has 0 unspecified atom stereocenters. The molecule has 6 nitrogen and oxygen atoms in total. The van der Waals surface area contributed by atoms with Crippen LogP contribution in [0, 0.1) is 0 Å². The predicted molar refractivity (Wildman–Crippen MR) is 67.7 cm³/mol. The van der Waals surface area contributed by atoms with Crippen molar-refractivity contribution in [3.63, 3.8) is 0 Å². The van der Waals surface area contributed by atoms with Gasteiger partial charge in [0.15, 0.2) is 0 Å². The van der Waals surface area contributed by atoms with Crippen LogP contribution in [0.4, 0.5) is 5.82 Å². The second kappa shape index (κ2) is 5.31. The Morgan fingerprint density at radius 1 is 1.50 bits per heavy atom. The quantitative estimate of drug-likeness (QED) is 0.842. The van der Waals surface area contributed by atoms with Crippen molar-refractivity contribution in [2.24, 2.45) is 0 Å². The molecule has 18 heavy (non-hydrogen) atoms. The first kappa shape index (κ1) is 12.1. The van der Waals surface area contributed by atoms with Gasteiger partial charge in [-0.1, -0.05) is 6.07 Å². The number of aromatic nitrogens is 3. The van der Waals surface area contributed by atoms with E-state index in [0.29, 0.717) is 24.5 Å². The lowest BCUT2D eigenvalue weighted by Gasteiger charge is -2.19. The lowest BCUT2D eigenvalue weighted by Crippen LogP contribution is -2.30. The zero-order valence-corrected chi connectivity index (χ0v) is 10.1. The first-order valence-electron chi connectivity index (χ1n) is 5.70. The summed E-state index contributed by atoms with van der Waals surface area (Å²) in [6, 6.07) is 5.62. The van der Waals surface area contributed by atoms with Crippen LogP contribution in [-0.2, 0) is 6.54 Å². The number of hydrogen-bond donors (Lipinski definition) is 2. The van der Waals surface area contributed by atoms with E-state index in [1.54, 1.807) is 11.1 Å². The van der Waals surface area contributed by atoms with Crippen LogP contribution in [0.15, 0.2) is 30.6 Å². The highest BCUT2D eigenvalue weighted by Crippen LogP contribution is 2.12. The number of amides is 1. The number of nitrogens with one attached hydrogen (secondary N) is 1. The van der Waals surface area contributed by atoms with Gasteiger partial charge in [-0.2, -0.15) is 5.10 Å². The number of rotatable bonds is 4. The van der Waals surface area contributed by atoms with Gasteiger partial charge in [0.25, 0.3) is 5.91 Å². The van der Waals surface area contributed by atoms with Gasteiger partial charge in [-0.3, -0.25) is 14.9 Å². The van der Waals surface area contributed by atoms with Crippen molar-refractivity contribution in [3.05, 3.63) is 41.9 Å². The number of hydrogen-bond acceptors (Lipinski definition) is 4. The molecule has 0 aliphatic rings. The Balaban J connectivity index is 2.15. The number of nitrogen functional groups attached to an aromatic ring is 1. The van der Waals surface area contributed by atoms with Crippen LogP contribution >= 0.6 is 0 Å². The highest BCUT2D eigenvalue weighted by atomic mass is 16.2. The summed E-state index contributed by atoms with van der Waals surface area (Å²) in [4.78, 5) is 18.1. The van der Waals surface area contributed by atoms with E-state index in [-0.39, 0.29) is 5.91 Å². The van der Waals surface area contributed by atoms with Gasteiger partial charge < -0.3 is 10.6 Å². The van der Waals surface area contributed by atoms with Gasteiger partial charge in [0, 0.05) is 12.7 Å². The molecule has 0 saturated carbocycles. The molecule has 1 amide bonds. The molecule has 0 aliphatic carbocycles. The SMILES string of the molecule is CCN(Cc1ccccn1)C(=O)c1cn[nH]c1N. The van der Waals surface area contributed by atoms with E-state index in [4.69, 9.17) is 5.73 Å². The van der Waals surface area contributed by atoms with E-state index in [9.17, 15) is 4.79 Å². The summed E-state index contributed by atoms with van der Waals surface area (Å²) in [5.41, 5.74) is 6.88. The van der Waals surface area contributed by atoms with E-state index in [1.807, 2.05) is 25.1 Å². The summed E-state index contributed by atoms with van der Waals surface area (Å²) in [7, 11) is 0. The number of pyridine rings is 1. The molecule has 0 spiro atoms. The Hall–Kier alpha value is -2.37. The molecule has 2 aromatic heterocycles. The molecule has 0 aromatic carbocycles. The highest BCUT2D eigenvalue weighted by molar-refractivity contribution is 5.98. The zero-order chi connectivity index (χ0) is 13.0. The summed E-state index contributed by atoms with van der Waals surface area (Å²) in [5, 5.41) is 6.31. The minimum Gasteiger partial charge on any atom is -0.383 e. The number of anilines is 1. The Kier molecular flexibility index (Phi) is 3.57. The van der Waals surface area contributed by atoms with Gasteiger partial charge in [-0.05, 0) is 19.1 Å². The van der Waals surface area contributed by atoms with Crippen molar-refractivity contribution < 1.29 is 4.79 Å². The number of carbonyl (C=O) groups excluding carboxylic acids is 1. The molecule has 2 heterocycles. The third-order valence-electron chi connectivity index (χ3n) is 2.65. The fourth-order valence-electron chi connectivity index (χ4n) is 1.65. The van der Waals surface area contributed by atoms with Crippen molar-refractivity contribution in [1.29, 1.82) is 0 Å². The monoisotopic (exact) mass is 245 g/mol. The Morgan fingerprint density at radius 3 is 2.89 bits per heavy atom. The summed E-state index contributed by atoms with van der Waals surface area (Å²) in [6.07, 6.45) is 3.15. The molecular weight excluding hydrogens is 230 g/mol. The fraction of sp³-hybridized carbons (Fsp3) is 0.250. The van der Waals surface area contributed by atoms with Crippen LogP contribution < -0.4 is 5.73 Å². The zero-order valence-electron chi connectivity index (χ0n) is 10.1. The molecular formula is C12H15N5O. The van der Waals surface area contributed by atoms with Crippen LogP contribution in [0.1, 0.15) is 23.0 Å². The molecule has 94 valence electrons. The molecule has 0 aliphatic heterocycles. The van der Waals surface area contributed by atoms with Gasteiger partial charge in [-0.15, -0.1) is 0 Å². The normalized spacial score (nSPS) is 10.3. The van der Waals surface area contributed by atoms with E-state index < -0.39 is 0 Å². The summed E-state index contributed by atoms with van der Waals surface area (Å²) < 4.78 is 0. The first-order chi connectivity index (χ1) is 8.72. The van der Waals surface area contributed by atoms with Crippen molar-refractivity contribution in [2.45, 2.75) is 13.5 Å². The van der Waals surface area contributed by atoms with Gasteiger partial charge in [0.2, 0.25) is 0 Å². The number of nitrogens with zero attached hydrogens (tertiary/aromatic N) is 3. The standard InChI is InChI=1S/C12H15N5O/c1-2-17(8-9-5-3-4-6-14-9)12(18)10-7-15-16-11(10)13/h3-7H,2,8H2,1H3,(H3,13,15,16). The average Bonchev–Trinajstić information content (AvgIpc) is 2.82. The maximum absolute atomic E-state index is 12.2.